The highest BCUT2D eigenvalue weighted by molar-refractivity contribution is 6.35. The maximum absolute atomic E-state index is 14.1. The van der Waals surface area contributed by atoms with Crippen LogP contribution in [0, 0.1) is 6.92 Å². The van der Waals surface area contributed by atoms with Crippen molar-refractivity contribution in [3.05, 3.63) is 46.2 Å². The van der Waals surface area contributed by atoms with Crippen LogP contribution < -0.4 is 4.74 Å². The lowest BCUT2D eigenvalue weighted by Gasteiger charge is -2.49. The molecule has 4 N–H and O–H groups in total. The number of aliphatic hydroxyl groups excluding tert-OH is 2. The molecule has 0 saturated carbocycles. The van der Waals surface area contributed by atoms with Crippen LogP contribution in [0.25, 0.3) is 10.8 Å². The molecule has 2 aromatic rings. The van der Waals surface area contributed by atoms with E-state index in [9.17, 15) is 39.6 Å². The van der Waals surface area contributed by atoms with Crippen LogP contribution in [0.1, 0.15) is 43.6 Å². The van der Waals surface area contributed by atoms with Gasteiger partial charge in [0.15, 0.2) is 6.10 Å². The molecule has 2 aliphatic carbocycles. The number of carbonyl (C=O) groups excluding carboxylic acids is 4. The SMILES string of the molecule is COC(=O)c1c(O[C@@H]2O[C@@H](C)[C@H](OC)[C@@H](O)[C@@H]2OC)cc2cc3c(c(O)c2c1C)C(=O)[C@@]1(OC)C(=O)C=C(OC)[C@H](O)[C@@]1(O)C3=O. The molecule has 15 heteroatoms. The van der Waals surface area contributed by atoms with E-state index in [4.69, 9.17) is 33.2 Å². The van der Waals surface area contributed by atoms with Crippen molar-refractivity contribution in [2.45, 2.75) is 61.9 Å². The summed E-state index contributed by atoms with van der Waals surface area (Å²) in [5.41, 5.74) is -7.56. The molecule has 0 spiro atoms. The van der Waals surface area contributed by atoms with E-state index in [1.165, 1.54) is 27.2 Å². The standard InChI is InChI=1S/C31H34O15/c1-11-18-13(9-15(19(11)28(38)43-6)46-29-24(42-5)22(34)23(41-4)12(2)45-29)8-14-20(21(18)33)27(37)31(44-7)17(32)10-16(40-3)26(36)30(31,39)25(14)35/h8-10,12,22-24,26,29,33-34,36,39H,1-7H3/t12-,22+,23-,24-,26-,29-,30-,31-/m0/s1. The molecule has 3 aliphatic rings. The van der Waals surface area contributed by atoms with Gasteiger partial charge in [0.1, 0.15) is 41.1 Å². The zero-order chi connectivity index (χ0) is 34.0. The molecule has 8 atom stereocenters. The number of ether oxygens (including phenoxy) is 7. The van der Waals surface area contributed by atoms with Crippen LogP contribution in [0.5, 0.6) is 11.5 Å². The van der Waals surface area contributed by atoms with Gasteiger partial charge in [-0.05, 0) is 36.9 Å². The number of esters is 1. The number of aliphatic hydroxyl groups is 3. The number of hydrogen-bond donors (Lipinski definition) is 4. The van der Waals surface area contributed by atoms with Crippen molar-refractivity contribution in [1.82, 2.24) is 0 Å². The Bertz CT molecular complexity index is 1680. The van der Waals surface area contributed by atoms with E-state index in [0.29, 0.717) is 0 Å². The molecule has 0 radical (unpaired) electrons. The monoisotopic (exact) mass is 646 g/mol. The summed E-state index contributed by atoms with van der Waals surface area (Å²) in [5, 5.41) is 45.1. The van der Waals surface area contributed by atoms with E-state index in [1.807, 2.05) is 0 Å². The molecule has 0 amide bonds. The first-order valence-electron chi connectivity index (χ1n) is 14.0. The van der Waals surface area contributed by atoms with Gasteiger partial charge >= 0.3 is 5.97 Å². The van der Waals surface area contributed by atoms with Crippen molar-refractivity contribution in [1.29, 1.82) is 0 Å². The van der Waals surface area contributed by atoms with Crippen molar-refractivity contribution in [3.8, 4) is 11.5 Å². The fourth-order valence-corrected chi connectivity index (χ4v) is 6.74. The first-order chi connectivity index (χ1) is 21.7. The Hall–Kier alpha value is -3.96. The predicted octanol–water partition coefficient (Wildman–Crippen LogP) is 0.124. The molecule has 0 bridgehead atoms. The van der Waals surface area contributed by atoms with Gasteiger partial charge in [-0.25, -0.2) is 4.79 Å². The Morgan fingerprint density at radius 2 is 1.63 bits per heavy atom. The molecule has 248 valence electrons. The average molecular weight is 647 g/mol. The van der Waals surface area contributed by atoms with Crippen LogP contribution in [0.15, 0.2) is 24.0 Å². The maximum atomic E-state index is 14.1. The van der Waals surface area contributed by atoms with Gasteiger partial charge in [-0.1, -0.05) is 0 Å². The molecule has 5 rings (SSSR count). The molecule has 1 aliphatic heterocycles. The number of hydrogen-bond acceptors (Lipinski definition) is 15. The first-order valence-corrected chi connectivity index (χ1v) is 14.0. The Morgan fingerprint density at radius 3 is 2.20 bits per heavy atom. The quantitative estimate of drug-likeness (QED) is 0.232. The molecule has 2 aromatic carbocycles. The second-order valence-electron chi connectivity index (χ2n) is 11.2. The number of phenolic OH excluding ortho intramolecular Hbond substituents is 1. The van der Waals surface area contributed by atoms with Gasteiger partial charge < -0.3 is 53.6 Å². The zero-order valence-electron chi connectivity index (χ0n) is 26.0. The number of aromatic hydroxyl groups is 1. The normalized spacial score (nSPS) is 32.5. The number of fused-ring (bicyclic) bond motifs is 3. The van der Waals surface area contributed by atoms with Gasteiger partial charge in [-0.3, -0.25) is 14.4 Å². The second-order valence-corrected chi connectivity index (χ2v) is 11.2. The summed E-state index contributed by atoms with van der Waals surface area (Å²) < 4.78 is 38.0. The number of ketones is 3. The molecule has 46 heavy (non-hydrogen) atoms. The van der Waals surface area contributed by atoms with Gasteiger partial charge in [0.05, 0.1) is 25.9 Å². The van der Waals surface area contributed by atoms with Crippen molar-refractivity contribution < 1.29 is 72.8 Å². The minimum Gasteiger partial charge on any atom is -0.507 e. The summed E-state index contributed by atoms with van der Waals surface area (Å²) in [6.45, 7) is 3.06. The fourth-order valence-electron chi connectivity index (χ4n) is 6.74. The van der Waals surface area contributed by atoms with Crippen LogP contribution >= 0.6 is 0 Å². The van der Waals surface area contributed by atoms with Crippen molar-refractivity contribution in [2.75, 3.05) is 35.5 Å². The number of rotatable bonds is 7. The Labute approximate surface area is 262 Å². The lowest BCUT2D eigenvalue weighted by molar-refractivity contribution is -0.278. The van der Waals surface area contributed by atoms with E-state index < -0.39 is 94.0 Å². The van der Waals surface area contributed by atoms with E-state index in [2.05, 4.69) is 0 Å². The highest BCUT2D eigenvalue weighted by Crippen LogP contribution is 2.50. The number of benzene rings is 2. The lowest BCUT2D eigenvalue weighted by Crippen LogP contribution is -2.77. The van der Waals surface area contributed by atoms with E-state index >= 15 is 0 Å². The summed E-state index contributed by atoms with van der Waals surface area (Å²) in [6, 6.07) is 2.39. The third-order valence-corrected chi connectivity index (χ3v) is 9.05. The topological polar surface area (TPSA) is 214 Å². The molecule has 0 unspecified atom stereocenters. The van der Waals surface area contributed by atoms with Crippen molar-refractivity contribution in [3.63, 3.8) is 0 Å². The second kappa shape index (κ2) is 11.7. The molecule has 1 fully saturated rings. The van der Waals surface area contributed by atoms with Gasteiger partial charge in [0.25, 0.3) is 0 Å². The highest BCUT2D eigenvalue weighted by Gasteiger charge is 2.74. The summed E-state index contributed by atoms with van der Waals surface area (Å²) >= 11 is 0. The summed E-state index contributed by atoms with van der Waals surface area (Å²) in [5.74, 6) is -6.21. The fraction of sp³-hybridized carbons (Fsp3) is 0.484. The van der Waals surface area contributed by atoms with Crippen molar-refractivity contribution in [2.24, 2.45) is 0 Å². The molecular formula is C31H34O15. The Morgan fingerprint density at radius 1 is 0.978 bits per heavy atom. The van der Waals surface area contributed by atoms with Crippen LogP contribution in [-0.4, -0.2) is 127 Å². The smallest absolute Gasteiger partial charge is 0.341 e. The Kier molecular flexibility index (Phi) is 8.49. The van der Waals surface area contributed by atoms with Crippen molar-refractivity contribution >= 4 is 34.1 Å². The zero-order valence-corrected chi connectivity index (χ0v) is 26.0. The third-order valence-electron chi connectivity index (χ3n) is 9.05. The summed E-state index contributed by atoms with van der Waals surface area (Å²) in [4.78, 5) is 54.6. The number of phenols is 1. The largest absolute Gasteiger partial charge is 0.507 e. The molecule has 15 nitrogen and oxygen atoms in total. The molecule has 0 aromatic heterocycles. The number of carbonyl (C=O) groups is 4. The number of Topliss-reactive ketones (excluding diaryl/α,β-unsaturated/α-hetero) is 2. The number of methoxy groups -OCH3 is 5. The molecule has 1 saturated heterocycles. The summed E-state index contributed by atoms with van der Waals surface area (Å²) in [6.07, 6.45) is -6.52. The van der Waals surface area contributed by atoms with Crippen LogP contribution in [0.4, 0.5) is 0 Å². The molecule has 1 heterocycles. The highest BCUT2D eigenvalue weighted by atomic mass is 16.7. The van der Waals surface area contributed by atoms with Crippen LogP contribution in [-0.2, 0) is 33.2 Å². The van der Waals surface area contributed by atoms with Crippen LogP contribution in [0.3, 0.4) is 0 Å². The summed E-state index contributed by atoms with van der Waals surface area (Å²) in [7, 11) is 5.81. The van der Waals surface area contributed by atoms with E-state index in [1.54, 1.807) is 6.92 Å². The third kappa shape index (κ3) is 4.24. The Balaban J connectivity index is 1.76. The van der Waals surface area contributed by atoms with Gasteiger partial charge in [0, 0.05) is 38.4 Å². The van der Waals surface area contributed by atoms with E-state index in [-0.39, 0.29) is 27.6 Å². The van der Waals surface area contributed by atoms with E-state index in [0.717, 1.165) is 33.5 Å². The minimum absolute atomic E-state index is 0.0388. The average Bonchev–Trinajstić information content (AvgIpc) is 3.01. The van der Waals surface area contributed by atoms with Gasteiger partial charge in [-0.15, -0.1) is 0 Å². The predicted molar refractivity (Wildman–Crippen MR) is 154 cm³/mol. The first kappa shape index (κ1) is 33.4. The number of aryl methyl sites for hydroxylation is 1. The van der Waals surface area contributed by atoms with Gasteiger partial charge in [0.2, 0.25) is 34.8 Å². The maximum Gasteiger partial charge on any atom is 0.341 e. The van der Waals surface area contributed by atoms with Gasteiger partial charge in [-0.2, -0.15) is 0 Å². The lowest BCUT2D eigenvalue weighted by atomic mass is 9.60. The van der Waals surface area contributed by atoms with Crippen LogP contribution in [0.2, 0.25) is 0 Å². The molecular weight excluding hydrogens is 612 g/mol. The minimum atomic E-state index is -3.19.